The number of fused-ring (bicyclic) bond motifs is 1. The minimum Gasteiger partial charge on any atom is -0.462 e. The fourth-order valence-corrected chi connectivity index (χ4v) is 4.19. The van der Waals surface area contributed by atoms with Crippen molar-refractivity contribution in [3.05, 3.63) is 77.1 Å². The summed E-state index contributed by atoms with van der Waals surface area (Å²) in [5.74, 6) is -0.316. The number of rotatable bonds is 6. The van der Waals surface area contributed by atoms with Crippen molar-refractivity contribution in [3.8, 4) is 5.69 Å². The van der Waals surface area contributed by atoms with E-state index < -0.39 is 0 Å². The summed E-state index contributed by atoms with van der Waals surface area (Å²) < 4.78 is 8.34. The topological polar surface area (TPSA) is 68.5 Å². The van der Waals surface area contributed by atoms with Crippen LogP contribution in [0.15, 0.2) is 59.7 Å². The smallest absolute Gasteiger partial charge is 0.338 e. The highest BCUT2D eigenvalue weighted by Gasteiger charge is 2.12. The van der Waals surface area contributed by atoms with E-state index in [0.717, 1.165) is 38.0 Å². The Hall–Kier alpha value is -3.45. The van der Waals surface area contributed by atoms with Crippen molar-refractivity contribution in [3.63, 3.8) is 0 Å². The number of aromatic nitrogens is 2. The minimum absolute atomic E-state index is 0.316. The van der Waals surface area contributed by atoms with Gasteiger partial charge >= 0.3 is 5.97 Å². The summed E-state index contributed by atoms with van der Waals surface area (Å²) in [4.78, 5) is 16.6. The molecule has 0 atom stereocenters. The first-order valence-corrected chi connectivity index (χ1v) is 10.5. The van der Waals surface area contributed by atoms with Crippen LogP contribution < -0.4 is 5.43 Å². The summed E-state index contributed by atoms with van der Waals surface area (Å²) in [7, 11) is 0. The number of ether oxygens (including phenoxy) is 1. The molecule has 4 rings (SSSR count). The molecule has 0 aliphatic rings. The summed E-state index contributed by atoms with van der Waals surface area (Å²) in [5.41, 5.74) is 8.50. The lowest BCUT2D eigenvalue weighted by Crippen LogP contribution is -2.06. The van der Waals surface area contributed by atoms with Gasteiger partial charge in [-0.15, -0.1) is 0 Å². The number of benzene rings is 2. The molecule has 0 radical (unpaired) electrons. The molecule has 30 heavy (non-hydrogen) atoms. The number of esters is 1. The Bertz CT molecular complexity index is 1210. The van der Waals surface area contributed by atoms with Crippen LogP contribution in [0.4, 0.5) is 5.13 Å². The molecule has 7 heteroatoms. The average molecular weight is 419 g/mol. The van der Waals surface area contributed by atoms with Crippen LogP contribution in [0.5, 0.6) is 0 Å². The Labute approximate surface area is 178 Å². The van der Waals surface area contributed by atoms with Crippen LogP contribution >= 0.6 is 11.3 Å². The normalized spacial score (nSPS) is 11.3. The second-order valence-corrected chi connectivity index (χ2v) is 7.82. The van der Waals surface area contributed by atoms with E-state index in [1.807, 2.05) is 56.3 Å². The molecule has 0 aliphatic heterocycles. The molecule has 0 unspecified atom stereocenters. The summed E-state index contributed by atoms with van der Waals surface area (Å²) in [6.45, 7) is 6.22. The number of anilines is 1. The minimum atomic E-state index is -0.316. The van der Waals surface area contributed by atoms with Gasteiger partial charge in [-0.05, 0) is 57.2 Å². The zero-order chi connectivity index (χ0) is 21.1. The lowest BCUT2D eigenvalue weighted by molar-refractivity contribution is 0.0526. The highest BCUT2D eigenvalue weighted by Crippen LogP contribution is 2.25. The monoisotopic (exact) mass is 418 g/mol. The molecule has 0 aliphatic carbocycles. The van der Waals surface area contributed by atoms with E-state index in [9.17, 15) is 4.79 Å². The predicted molar refractivity (Wildman–Crippen MR) is 122 cm³/mol. The van der Waals surface area contributed by atoms with E-state index in [1.54, 1.807) is 30.5 Å². The van der Waals surface area contributed by atoms with Crippen molar-refractivity contribution in [1.82, 2.24) is 9.55 Å². The van der Waals surface area contributed by atoms with E-state index in [2.05, 4.69) is 26.1 Å². The summed E-state index contributed by atoms with van der Waals surface area (Å²) in [5, 5.41) is 5.12. The molecule has 2 aromatic carbocycles. The molecule has 0 saturated heterocycles. The van der Waals surface area contributed by atoms with Gasteiger partial charge in [0.1, 0.15) is 0 Å². The maximum atomic E-state index is 12.1. The molecule has 0 bridgehead atoms. The zero-order valence-corrected chi connectivity index (χ0v) is 17.9. The Balaban J connectivity index is 1.57. The van der Waals surface area contributed by atoms with Crippen LogP contribution in [0.25, 0.3) is 15.9 Å². The number of carbonyl (C=O) groups is 1. The first kappa shape index (κ1) is 19.8. The lowest BCUT2D eigenvalue weighted by atomic mass is 10.2. The molecule has 0 spiro atoms. The number of hydrogen-bond acceptors (Lipinski definition) is 6. The fraction of sp³-hybridized carbons (Fsp3) is 0.174. The zero-order valence-electron chi connectivity index (χ0n) is 17.0. The van der Waals surface area contributed by atoms with Gasteiger partial charge in [-0.3, -0.25) is 5.43 Å². The quantitative estimate of drug-likeness (QED) is 0.261. The van der Waals surface area contributed by atoms with Crippen LogP contribution in [0.2, 0.25) is 0 Å². The number of nitrogens with zero attached hydrogens (tertiary/aromatic N) is 3. The van der Waals surface area contributed by atoms with Gasteiger partial charge in [0.25, 0.3) is 0 Å². The van der Waals surface area contributed by atoms with Gasteiger partial charge in [0.05, 0.1) is 28.6 Å². The molecule has 1 N–H and O–H groups in total. The number of hydrazone groups is 1. The summed E-state index contributed by atoms with van der Waals surface area (Å²) >= 11 is 1.57. The lowest BCUT2D eigenvalue weighted by Gasteiger charge is -2.11. The first-order chi connectivity index (χ1) is 14.6. The number of nitrogens with one attached hydrogen (secondary N) is 1. The van der Waals surface area contributed by atoms with E-state index in [-0.39, 0.29) is 5.97 Å². The van der Waals surface area contributed by atoms with E-state index in [4.69, 9.17) is 4.74 Å². The van der Waals surface area contributed by atoms with Crippen molar-refractivity contribution < 1.29 is 9.53 Å². The second kappa shape index (κ2) is 8.51. The number of para-hydroxylation sites is 1. The van der Waals surface area contributed by atoms with E-state index in [1.165, 1.54) is 0 Å². The standard InChI is InChI=1S/C23H22N4O2S/c1-4-29-22(28)17-8-7-9-19(13-17)27-15(2)12-18(16(27)3)14-24-26-23-25-20-10-5-6-11-21(20)30-23/h5-14H,4H2,1-3H3,(H,25,26)/b24-14-. The maximum absolute atomic E-state index is 12.1. The molecule has 0 amide bonds. The molecule has 2 aromatic heterocycles. The van der Waals surface area contributed by atoms with Crippen LogP contribution in [0.3, 0.4) is 0 Å². The number of thiazole rings is 1. The summed E-state index contributed by atoms with van der Waals surface area (Å²) in [6, 6.07) is 17.5. The van der Waals surface area contributed by atoms with Gasteiger partial charge in [0.2, 0.25) is 5.13 Å². The van der Waals surface area contributed by atoms with E-state index >= 15 is 0 Å². The van der Waals surface area contributed by atoms with Gasteiger partial charge < -0.3 is 9.30 Å². The van der Waals surface area contributed by atoms with E-state index in [0.29, 0.717) is 12.2 Å². The van der Waals surface area contributed by atoms with Crippen molar-refractivity contribution in [2.75, 3.05) is 12.0 Å². The van der Waals surface area contributed by atoms with Gasteiger partial charge in [0, 0.05) is 22.6 Å². The van der Waals surface area contributed by atoms with Crippen molar-refractivity contribution >= 4 is 38.9 Å². The average Bonchev–Trinajstić information content (AvgIpc) is 3.28. The third-order valence-corrected chi connectivity index (χ3v) is 5.68. The fourth-order valence-electron chi connectivity index (χ4n) is 3.38. The molecular weight excluding hydrogens is 396 g/mol. The van der Waals surface area contributed by atoms with Crippen LogP contribution in [-0.2, 0) is 4.74 Å². The Morgan fingerprint density at radius 2 is 2.03 bits per heavy atom. The molecule has 4 aromatic rings. The van der Waals surface area contributed by atoms with Crippen LogP contribution in [0, 0.1) is 13.8 Å². The predicted octanol–water partition coefficient (Wildman–Crippen LogP) is 5.33. The third-order valence-electron chi connectivity index (χ3n) is 4.74. The number of hydrogen-bond donors (Lipinski definition) is 1. The van der Waals surface area contributed by atoms with Gasteiger partial charge in [-0.2, -0.15) is 5.10 Å². The Morgan fingerprint density at radius 1 is 1.20 bits per heavy atom. The Morgan fingerprint density at radius 3 is 2.83 bits per heavy atom. The van der Waals surface area contributed by atoms with Crippen molar-refractivity contribution in [1.29, 1.82) is 0 Å². The molecule has 6 nitrogen and oxygen atoms in total. The van der Waals surface area contributed by atoms with Crippen molar-refractivity contribution in [2.24, 2.45) is 5.10 Å². The summed E-state index contributed by atoms with van der Waals surface area (Å²) in [6.07, 6.45) is 1.79. The number of carbonyl (C=O) groups excluding carboxylic acids is 1. The largest absolute Gasteiger partial charge is 0.462 e. The highest BCUT2D eigenvalue weighted by atomic mass is 32.1. The molecule has 0 fully saturated rings. The van der Waals surface area contributed by atoms with Gasteiger partial charge in [-0.1, -0.05) is 29.5 Å². The third kappa shape index (κ3) is 3.97. The van der Waals surface area contributed by atoms with Gasteiger partial charge in [0.15, 0.2) is 0 Å². The van der Waals surface area contributed by atoms with Crippen molar-refractivity contribution in [2.45, 2.75) is 20.8 Å². The number of aryl methyl sites for hydroxylation is 1. The highest BCUT2D eigenvalue weighted by molar-refractivity contribution is 7.22. The molecule has 152 valence electrons. The molecular formula is C23H22N4O2S. The maximum Gasteiger partial charge on any atom is 0.338 e. The second-order valence-electron chi connectivity index (χ2n) is 6.79. The Kier molecular flexibility index (Phi) is 5.63. The van der Waals surface area contributed by atoms with Crippen LogP contribution in [0.1, 0.15) is 34.2 Å². The molecule has 2 heterocycles. The SMILES string of the molecule is CCOC(=O)c1cccc(-n2c(C)cc(/C=N\Nc3nc4ccccc4s3)c2C)c1. The van der Waals surface area contributed by atoms with Crippen LogP contribution in [-0.4, -0.2) is 28.3 Å². The van der Waals surface area contributed by atoms with Gasteiger partial charge in [-0.25, -0.2) is 9.78 Å². The first-order valence-electron chi connectivity index (χ1n) is 9.68. The molecule has 0 saturated carbocycles.